The molecule has 2 aliphatic heterocycles. The van der Waals surface area contributed by atoms with Gasteiger partial charge in [0, 0.05) is 56.4 Å². The van der Waals surface area contributed by atoms with Gasteiger partial charge in [0.15, 0.2) is 5.82 Å². The van der Waals surface area contributed by atoms with Crippen LogP contribution in [-0.4, -0.2) is 67.5 Å². The number of pyridine rings is 1. The fraction of sp³-hybridized carbons (Fsp3) is 0.333. The van der Waals surface area contributed by atoms with E-state index in [1.807, 2.05) is 12.1 Å². The third-order valence-corrected chi connectivity index (χ3v) is 6.28. The number of carbonyl (C=O) groups is 1. The van der Waals surface area contributed by atoms with E-state index < -0.39 is 6.10 Å². The maximum atomic E-state index is 13.1. The molecule has 2 aromatic heterocycles. The van der Waals surface area contributed by atoms with Gasteiger partial charge in [-0.1, -0.05) is 24.3 Å². The number of piperidine rings is 1. The Labute approximate surface area is 181 Å². The molecule has 1 amide bonds. The summed E-state index contributed by atoms with van der Waals surface area (Å²) in [5, 5.41) is 10.9. The highest BCUT2D eigenvalue weighted by atomic mass is 16.3. The van der Waals surface area contributed by atoms with Crippen molar-refractivity contribution >= 4 is 5.91 Å². The van der Waals surface area contributed by atoms with Gasteiger partial charge in [0.05, 0.1) is 6.10 Å². The van der Waals surface area contributed by atoms with Crippen LogP contribution in [0.15, 0.2) is 61.1 Å². The van der Waals surface area contributed by atoms with Crippen LogP contribution >= 0.6 is 0 Å². The van der Waals surface area contributed by atoms with Crippen LogP contribution in [0.25, 0.3) is 11.4 Å². The molecule has 5 rings (SSSR count). The van der Waals surface area contributed by atoms with Crippen LogP contribution < -0.4 is 0 Å². The number of hydrogen-bond acceptors (Lipinski definition) is 6. The number of aliphatic hydroxyl groups excluding tert-OH is 1. The summed E-state index contributed by atoms with van der Waals surface area (Å²) >= 11 is 0. The highest BCUT2D eigenvalue weighted by Gasteiger charge is 2.35. The Morgan fingerprint density at radius 1 is 1.00 bits per heavy atom. The van der Waals surface area contributed by atoms with E-state index in [-0.39, 0.29) is 11.9 Å². The number of aromatic nitrogens is 3. The van der Waals surface area contributed by atoms with Crippen molar-refractivity contribution in [2.75, 3.05) is 19.6 Å². The molecule has 158 valence electrons. The number of amides is 1. The zero-order chi connectivity index (χ0) is 21.2. The molecule has 1 saturated heterocycles. The molecule has 1 aromatic carbocycles. The quantitative estimate of drug-likeness (QED) is 0.706. The fourth-order valence-electron chi connectivity index (χ4n) is 4.61. The molecule has 0 radical (unpaired) electrons. The predicted octanol–water partition coefficient (Wildman–Crippen LogP) is 2.17. The van der Waals surface area contributed by atoms with Crippen LogP contribution in [0.5, 0.6) is 0 Å². The lowest BCUT2D eigenvalue weighted by Gasteiger charge is -2.43. The largest absolute Gasteiger partial charge is 0.390 e. The molecule has 2 atom stereocenters. The topological polar surface area (TPSA) is 82.5 Å². The van der Waals surface area contributed by atoms with E-state index in [1.54, 1.807) is 29.6 Å². The number of aliphatic hydroxyl groups is 1. The SMILES string of the molecule is O=C(c1ccnc(-c2ccncc2)n1)N1CCC(N2CCc3ccccc3C2)C(O)C1. The highest BCUT2D eigenvalue weighted by molar-refractivity contribution is 5.92. The van der Waals surface area contributed by atoms with Crippen molar-refractivity contribution in [2.45, 2.75) is 31.5 Å². The maximum Gasteiger partial charge on any atom is 0.272 e. The average Bonchev–Trinajstić information content (AvgIpc) is 2.84. The Morgan fingerprint density at radius 3 is 2.61 bits per heavy atom. The van der Waals surface area contributed by atoms with Gasteiger partial charge in [0.2, 0.25) is 0 Å². The van der Waals surface area contributed by atoms with Crippen molar-refractivity contribution < 1.29 is 9.90 Å². The molecule has 0 saturated carbocycles. The second-order valence-electron chi connectivity index (χ2n) is 8.17. The third kappa shape index (κ3) is 4.06. The Kier molecular flexibility index (Phi) is 5.44. The number of likely N-dealkylation sites (tertiary alicyclic amines) is 1. The van der Waals surface area contributed by atoms with Crippen molar-refractivity contribution in [2.24, 2.45) is 0 Å². The van der Waals surface area contributed by atoms with Crippen LogP contribution in [-0.2, 0) is 13.0 Å². The fourth-order valence-corrected chi connectivity index (χ4v) is 4.61. The molecule has 0 aliphatic carbocycles. The highest BCUT2D eigenvalue weighted by Crippen LogP contribution is 2.26. The summed E-state index contributed by atoms with van der Waals surface area (Å²) in [5.41, 5.74) is 3.90. The van der Waals surface area contributed by atoms with Crippen LogP contribution in [0.4, 0.5) is 0 Å². The number of benzene rings is 1. The molecular formula is C24H25N5O2. The summed E-state index contributed by atoms with van der Waals surface area (Å²) in [5.74, 6) is 0.329. The standard InChI is InChI=1S/C24H25N5O2/c30-22-16-29(14-9-21(22)28-13-8-17-3-1-2-4-19(17)15-28)24(31)20-7-12-26-23(27-20)18-5-10-25-11-6-18/h1-7,10-12,21-22,30H,8-9,13-16H2. The number of hydrogen-bond donors (Lipinski definition) is 1. The Hall–Kier alpha value is -3.16. The van der Waals surface area contributed by atoms with Gasteiger partial charge in [-0.3, -0.25) is 14.7 Å². The van der Waals surface area contributed by atoms with Gasteiger partial charge in [0.25, 0.3) is 5.91 Å². The van der Waals surface area contributed by atoms with Gasteiger partial charge < -0.3 is 10.0 Å². The first-order valence-corrected chi connectivity index (χ1v) is 10.7. The summed E-state index contributed by atoms with van der Waals surface area (Å²) in [4.78, 5) is 29.9. The monoisotopic (exact) mass is 415 g/mol. The summed E-state index contributed by atoms with van der Waals surface area (Å²) in [6.45, 7) is 2.71. The van der Waals surface area contributed by atoms with E-state index in [4.69, 9.17) is 0 Å². The molecular weight excluding hydrogens is 390 g/mol. The minimum atomic E-state index is -0.579. The van der Waals surface area contributed by atoms with Gasteiger partial charge in [-0.15, -0.1) is 0 Å². The normalized spacial score (nSPS) is 21.5. The molecule has 0 spiro atoms. The average molecular weight is 415 g/mol. The smallest absolute Gasteiger partial charge is 0.272 e. The van der Waals surface area contributed by atoms with E-state index in [9.17, 15) is 9.90 Å². The zero-order valence-corrected chi connectivity index (χ0v) is 17.3. The van der Waals surface area contributed by atoms with E-state index in [0.717, 1.165) is 31.5 Å². The first-order chi connectivity index (χ1) is 15.2. The van der Waals surface area contributed by atoms with E-state index in [1.165, 1.54) is 11.1 Å². The van der Waals surface area contributed by atoms with E-state index in [2.05, 4.69) is 44.1 Å². The summed E-state index contributed by atoms with van der Waals surface area (Å²) in [6.07, 6.45) is 6.12. The lowest BCUT2D eigenvalue weighted by Crippen LogP contribution is -2.56. The molecule has 7 heteroatoms. The van der Waals surface area contributed by atoms with Crippen LogP contribution in [0, 0.1) is 0 Å². The van der Waals surface area contributed by atoms with Crippen molar-refractivity contribution in [3.8, 4) is 11.4 Å². The number of nitrogens with zero attached hydrogens (tertiary/aromatic N) is 5. The first kappa shape index (κ1) is 19.8. The minimum absolute atomic E-state index is 0.0650. The van der Waals surface area contributed by atoms with Gasteiger partial charge in [0.1, 0.15) is 5.69 Å². The first-order valence-electron chi connectivity index (χ1n) is 10.7. The van der Waals surface area contributed by atoms with E-state index in [0.29, 0.717) is 24.6 Å². The zero-order valence-electron chi connectivity index (χ0n) is 17.3. The van der Waals surface area contributed by atoms with Gasteiger partial charge in [-0.2, -0.15) is 0 Å². The van der Waals surface area contributed by atoms with Crippen LogP contribution in [0.2, 0.25) is 0 Å². The van der Waals surface area contributed by atoms with Crippen molar-refractivity contribution in [3.05, 3.63) is 77.9 Å². The lowest BCUT2D eigenvalue weighted by atomic mass is 9.94. The molecule has 31 heavy (non-hydrogen) atoms. The molecule has 4 heterocycles. The molecule has 2 unspecified atom stereocenters. The molecule has 1 fully saturated rings. The molecule has 7 nitrogen and oxygen atoms in total. The van der Waals surface area contributed by atoms with Crippen molar-refractivity contribution in [3.63, 3.8) is 0 Å². The minimum Gasteiger partial charge on any atom is -0.390 e. The Balaban J connectivity index is 1.26. The molecule has 3 aromatic rings. The van der Waals surface area contributed by atoms with Gasteiger partial charge in [-0.05, 0) is 42.2 Å². The Morgan fingerprint density at radius 2 is 1.81 bits per heavy atom. The maximum absolute atomic E-state index is 13.1. The molecule has 1 N–H and O–H groups in total. The van der Waals surface area contributed by atoms with Gasteiger partial charge in [-0.25, -0.2) is 9.97 Å². The number of β-amino-alcohol motifs (C(OH)–C–C–N with tert-alkyl or cyclic N) is 1. The summed E-state index contributed by atoms with van der Waals surface area (Å²) in [7, 11) is 0. The summed E-state index contributed by atoms with van der Waals surface area (Å²) < 4.78 is 0. The van der Waals surface area contributed by atoms with Gasteiger partial charge >= 0.3 is 0 Å². The lowest BCUT2D eigenvalue weighted by molar-refractivity contribution is -0.0139. The predicted molar refractivity (Wildman–Crippen MR) is 116 cm³/mol. The molecule has 0 bridgehead atoms. The summed E-state index contributed by atoms with van der Waals surface area (Å²) in [6, 6.07) is 13.8. The van der Waals surface area contributed by atoms with Crippen LogP contribution in [0.1, 0.15) is 28.0 Å². The number of carbonyl (C=O) groups excluding carboxylic acids is 1. The number of rotatable bonds is 3. The second kappa shape index (κ2) is 8.53. The second-order valence-corrected chi connectivity index (χ2v) is 8.17. The number of fused-ring (bicyclic) bond motifs is 1. The Bertz CT molecular complexity index is 1070. The third-order valence-electron chi connectivity index (χ3n) is 6.28. The van der Waals surface area contributed by atoms with Crippen molar-refractivity contribution in [1.82, 2.24) is 24.8 Å². The van der Waals surface area contributed by atoms with Crippen LogP contribution in [0.3, 0.4) is 0 Å². The van der Waals surface area contributed by atoms with E-state index >= 15 is 0 Å². The molecule has 2 aliphatic rings. The van der Waals surface area contributed by atoms with Crippen molar-refractivity contribution in [1.29, 1.82) is 0 Å².